The number of aromatic amines is 1. The number of hydrogen-bond donors (Lipinski definition) is 1. The first-order valence-corrected chi connectivity index (χ1v) is 8.36. The maximum Gasteiger partial charge on any atom is 0.119 e. The van der Waals surface area contributed by atoms with E-state index < -0.39 is 0 Å². The number of ether oxygens (including phenoxy) is 1. The van der Waals surface area contributed by atoms with Crippen LogP contribution in [0.5, 0.6) is 5.75 Å². The summed E-state index contributed by atoms with van der Waals surface area (Å²) in [4.78, 5) is 8.63. The average Bonchev–Trinajstić information content (AvgIpc) is 3.00. The molecule has 3 nitrogen and oxygen atoms in total. The number of benzene rings is 1. The first-order valence-electron chi connectivity index (χ1n) is 7.13. The number of thioether (sulfide) groups is 1. The normalized spacial score (nSPS) is 10.7. The molecule has 2 rings (SSSR count). The van der Waals surface area contributed by atoms with Crippen LogP contribution in [-0.4, -0.2) is 22.8 Å². The quantitative estimate of drug-likeness (QED) is 0.552. The van der Waals surface area contributed by atoms with E-state index in [0.29, 0.717) is 0 Å². The summed E-state index contributed by atoms with van der Waals surface area (Å²) in [7, 11) is 0. The molecule has 1 aromatic heterocycles. The highest BCUT2D eigenvalue weighted by atomic mass is 32.2. The Balaban J connectivity index is 1.50. The summed E-state index contributed by atoms with van der Waals surface area (Å²) >= 11 is 1.75. The minimum Gasteiger partial charge on any atom is -0.494 e. The summed E-state index contributed by atoms with van der Waals surface area (Å²) in [6.07, 6.45) is 11.6. The first-order chi connectivity index (χ1) is 9.88. The van der Waals surface area contributed by atoms with Gasteiger partial charge in [-0.25, -0.2) is 4.98 Å². The van der Waals surface area contributed by atoms with Crippen molar-refractivity contribution in [2.24, 2.45) is 0 Å². The minimum absolute atomic E-state index is 0.805. The van der Waals surface area contributed by atoms with Gasteiger partial charge in [-0.2, -0.15) is 0 Å². The third-order valence-corrected chi connectivity index (χ3v) is 3.93. The van der Waals surface area contributed by atoms with Crippen molar-refractivity contribution in [1.29, 1.82) is 0 Å². The number of H-pyrrole nitrogens is 1. The van der Waals surface area contributed by atoms with Gasteiger partial charge < -0.3 is 9.72 Å². The molecule has 0 saturated carbocycles. The van der Waals surface area contributed by atoms with E-state index in [0.717, 1.165) is 31.0 Å². The van der Waals surface area contributed by atoms with Crippen molar-refractivity contribution in [3.63, 3.8) is 0 Å². The molecule has 0 aliphatic rings. The van der Waals surface area contributed by atoms with Crippen molar-refractivity contribution in [1.82, 2.24) is 9.97 Å². The van der Waals surface area contributed by atoms with E-state index in [1.807, 2.05) is 24.5 Å². The Morgan fingerprint density at radius 1 is 1.10 bits per heavy atom. The molecule has 1 N–H and O–H groups in total. The van der Waals surface area contributed by atoms with Crippen molar-refractivity contribution >= 4 is 11.8 Å². The fraction of sp³-hybridized carbons (Fsp3) is 0.438. The van der Waals surface area contributed by atoms with E-state index in [4.69, 9.17) is 4.74 Å². The second-order valence-electron chi connectivity index (χ2n) is 4.72. The lowest BCUT2D eigenvalue weighted by molar-refractivity contribution is 0.304. The maximum atomic E-state index is 5.73. The standard InChI is InChI=1S/C16H22N2OS/c1-20-15-9-7-14(8-10-15)19-13-5-3-2-4-6-16-17-11-12-18-16/h7-12H,2-6,13H2,1H3,(H,17,18). The first kappa shape index (κ1) is 15.0. The molecule has 0 spiro atoms. The van der Waals surface area contributed by atoms with Gasteiger partial charge in [-0.3, -0.25) is 0 Å². The molecule has 20 heavy (non-hydrogen) atoms. The summed E-state index contributed by atoms with van der Waals surface area (Å²) in [6, 6.07) is 8.29. The average molecular weight is 290 g/mol. The van der Waals surface area contributed by atoms with Crippen LogP contribution >= 0.6 is 11.8 Å². The lowest BCUT2D eigenvalue weighted by atomic mass is 10.1. The van der Waals surface area contributed by atoms with Gasteiger partial charge in [0.2, 0.25) is 0 Å². The van der Waals surface area contributed by atoms with Crippen molar-refractivity contribution in [3.8, 4) is 5.75 Å². The summed E-state index contributed by atoms with van der Waals surface area (Å²) in [5.41, 5.74) is 0. The van der Waals surface area contributed by atoms with Crippen molar-refractivity contribution in [3.05, 3.63) is 42.5 Å². The highest BCUT2D eigenvalue weighted by Crippen LogP contribution is 2.19. The molecule has 0 fully saturated rings. The largest absolute Gasteiger partial charge is 0.494 e. The Morgan fingerprint density at radius 3 is 2.60 bits per heavy atom. The molecule has 0 radical (unpaired) electrons. The van der Waals surface area contributed by atoms with Crippen LogP contribution in [-0.2, 0) is 6.42 Å². The van der Waals surface area contributed by atoms with Gasteiger partial charge in [-0.05, 0) is 43.4 Å². The zero-order valence-corrected chi connectivity index (χ0v) is 12.8. The van der Waals surface area contributed by atoms with Gasteiger partial charge in [0.15, 0.2) is 0 Å². The molecule has 0 aliphatic heterocycles. The molecule has 0 atom stereocenters. The fourth-order valence-corrected chi connectivity index (χ4v) is 2.45. The molecule has 2 aromatic rings. The number of nitrogens with zero attached hydrogens (tertiary/aromatic N) is 1. The van der Waals surface area contributed by atoms with E-state index in [9.17, 15) is 0 Å². The molecule has 108 valence electrons. The smallest absolute Gasteiger partial charge is 0.119 e. The van der Waals surface area contributed by atoms with Crippen molar-refractivity contribution in [2.75, 3.05) is 12.9 Å². The lowest BCUT2D eigenvalue weighted by Gasteiger charge is -2.06. The summed E-state index contributed by atoms with van der Waals surface area (Å²) in [5.74, 6) is 2.06. The van der Waals surface area contributed by atoms with Gasteiger partial charge in [0.05, 0.1) is 6.61 Å². The fourth-order valence-electron chi connectivity index (χ4n) is 2.04. The second-order valence-corrected chi connectivity index (χ2v) is 5.60. The zero-order valence-electron chi connectivity index (χ0n) is 12.0. The highest BCUT2D eigenvalue weighted by Gasteiger charge is 1.97. The summed E-state index contributed by atoms with van der Waals surface area (Å²) in [6.45, 7) is 0.805. The van der Waals surface area contributed by atoms with Gasteiger partial charge >= 0.3 is 0 Å². The number of aromatic nitrogens is 2. The minimum atomic E-state index is 0.805. The predicted molar refractivity (Wildman–Crippen MR) is 84.5 cm³/mol. The third-order valence-electron chi connectivity index (χ3n) is 3.19. The van der Waals surface area contributed by atoms with Gasteiger partial charge in [-0.15, -0.1) is 11.8 Å². The van der Waals surface area contributed by atoms with Crippen LogP contribution in [0.25, 0.3) is 0 Å². The van der Waals surface area contributed by atoms with Crippen LogP contribution in [0.2, 0.25) is 0 Å². The Kier molecular flexibility index (Phi) is 6.51. The van der Waals surface area contributed by atoms with Crippen molar-refractivity contribution in [2.45, 2.75) is 37.0 Å². The van der Waals surface area contributed by atoms with Crippen LogP contribution in [0, 0.1) is 0 Å². The monoisotopic (exact) mass is 290 g/mol. The van der Waals surface area contributed by atoms with Crippen molar-refractivity contribution < 1.29 is 4.74 Å². The van der Waals surface area contributed by atoms with Crippen LogP contribution in [0.15, 0.2) is 41.6 Å². The second kappa shape index (κ2) is 8.69. The predicted octanol–water partition coefficient (Wildman–Crippen LogP) is 4.31. The molecule has 1 heterocycles. The SMILES string of the molecule is CSc1ccc(OCCCCCCc2ncc[nH]2)cc1. The molecule has 0 aliphatic carbocycles. The molecule has 4 heteroatoms. The number of hydrogen-bond acceptors (Lipinski definition) is 3. The van der Waals surface area contributed by atoms with E-state index in [1.165, 1.54) is 24.2 Å². The van der Waals surface area contributed by atoms with E-state index in [-0.39, 0.29) is 0 Å². The summed E-state index contributed by atoms with van der Waals surface area (Å²) in [5, 5.41) is 0. The molecule has 0 saturated heterocycles. The Bertz CT molecular complexity index is 468. The molecular formula is C16H22N2OS. The van der Waals surface area contributed by atoms with Gasteiger partial charge in [0.1, 0.15) is 11.6 Å². The van der Waals surface area contributed by atoms with E-state index in [1.54, 1.807) is 11.8 Å². The molecule has 1 aromatic carbocycles. The topological polar surface area (TPSA) is 37.9 Å². The molecular weight excluding hydrogens is 268 g/mol. The number of imidazole rings is 1. The molecule has 0 unspecified atom stereocenters. The van der Waals surface area contributed by atoms with E-state index in [2.05, 4.69) is 28.4 Å². The number of unbranched alkanes of at least 4 members (excludes halogenated alkanes) is 3. The Morgan fingerprint density at radius 2 is 1.90 bits per heavy atom. The van der Waals surface area contributed by atoms with E-state index >= 15 is 0 Å². The van der Waals surface area contributed by atoms with Gasteiger partial charge in [0.25, 0.3) is 0 Å². The number of rotatable bonds is 9. The van der Waals surface area contributed by atoms with Gasteiger partial charge in [0, 0.05) is 23.7 Å². The van der Waals surface area contributed by atoms with Gasteiger partial charge in [-0.1, -0.05) is 12.8 Å². The van der Waals surface area contributed by atoms with Crippen LogP contribution < -0.4 is 4.74 Å². The highest BCUT2D eigenvalue weighted by molar-refractivity contribution is 7.98. The Hall–Kier alpha value is -1.42. The lowest BCUT2D eigenvalue weighted by Crippen LogP contribution is -1.97. The molecule has 0 amide bonds. The maximum absolute atomic E-state index is 5.73. The van der Waals surface area contributed by atoms with Crippen LogP contribution in [0.3, 0.4) is 0 Å². The number of nitrogens with one attached hydrogen (secondary N) is 1. The summed E-state index contributed by atoms with van der Waals surface area (Å²) < 4.78 is 5.73. The number of aryl methyl sites for hydroxylation is 1. The third kappa shape index (κ3) is 5.29. The van der Waals surface area contributed by atoms with Crippen LogP contribution in [0.1, 0.15) is 31.5 Å². The molecule has 0 bridgehead atoms. The van der Waals surface area contributed by atoms with Crippen LogP contribution in [0.4, 0.5) is 0 Å². The Labute approximate surface area is 125 Å². The zero-order chi connectivity index (χ0) is 14.0.